The summed E-state index contributed by atoms with van der Waals surface area (Å²) in [4.78, 5) is 12.5. The SMILES string of the molecule is COc1cc(Cl)c(C)cc1NC(=O)c1c(C)nn(C)c1C. The van der Waals surface area contributed by atoms with Crippen LogP contribution in [0.1, 0.15) is 27.3 Å². The maximum Gasteiger partial charge on any atom is 0.259 e. The number of carbonyl (C=O) groups excluding carboxylic acids is 1. The quantitative estimate of drug-likeness (QED) is 0.947. The number of carbonyl (C=O) groups is 1. The fourth-order valence-electron chi connectivity index (χ4n) is 2.22. The highest BCUT2D eigenvalue weighted by molar-refractivity contribution is 6.31. The summed E-state index contributed by atoms with van der Waals surface area (Å²) in [6, 6.07) is 3.48. The molecule has 1 aromatic heterocycles. The molecule has 1 aromatic carbocycles. The van der Waals surface area contributed by atoms with Gasteiger partial charge in [-0.2, -0.15) is 5.10 Å². The molecular weight excluding hydrogens is 290 g/mol. The third-order valence-electron chi connectivity index (χ3n) is 3.47. The molecule has 112 valence electrons. The predicted molar refractivity (Wildman–Crippen MR) is 83.4 cm³/mol. The monoisotopic (exact) mass is 307 g/mol. The highest BCUT2D eigenvalue weighted by atomic mass is 35.5. The topological polar surface area (TPSA) is 56.1 Å². The molecular formula is C15H18ClN3O2. The number of methoxy groups -OCH3 is 1. The second-order valence-corrected chi connectivity index (χ2v) is 5.33. The number of aryl methyl sites for hydroxylation is 3. The van der Waals surface area contributed by atoms with Crippen molar-refractivity contribution >= 4 is 23.2 Å². The second-order valence-electron chi connectivity index (χ2n) is 4.93. The van der Waals surface area contributed by atoms with Crippen molar-refractivity contribution in [2.24, 2.45) is 7.05 Å². The zero-order valence-corrected chi connectivity index (χ0v) is 13.5. The van der Waals surface area contributed by atoms with Crippen LogP contribution < -0.4 is 10.1 Å². The summed E-state index contributed by atoms with van der Waals surface area (Å²) in [7, 11) is 3.35. The molecule has 0 saturated carbocycles. The lowest BCUT2D eigenvalue weighted by molar-refractivity contribution is 0.102. The van der Waals surface area contributed by atoms with E-state index in [0.29, 0.717) is 27.7 Å². The van der Waals surface area contributed by atoms with Gasteiger partial charge in [0.25, 0.3) is 5.91 Å². The van der Waals surface area contributed by atoms with E-state index >= 15 is 0 Å². The van der Waals surface area contributed by atoms with Crippen LogP contribution in [0.15, 0.2) is 12.1 Å². The summed E-state index contributed by atoms with van der Waals surface area (Å²) in [5.74, 6) is 0.316. The van der Waals surface area contributed by atoms with E-state index in [1.165, 1.54) is 7.11 Å². The molecule has 0 saturated heterocycles. The molecule has 0 aliphatic carbocycles. The van der Waals surface area contributed by atoms with E-state index in [0.717, 1.165) is 11.3 Å². The van der Waals surface area contributed by atoms with Gasteiger partial charge in [0.15, 0.2) is 0 Å². The number of ether oxygens (including phenoxy) is 1. The Hall–Kier alpha value is -2.01. The Morgan fingerprint density at radius 3 is 2.52 bits per heavy atom. The molecule has 0 unspecified atom stereocenters. The van der Waals surface area contributed by atoms with Crippen molar-refractivity contribution in [3.05, 3.63) is 39.7 Å². The van der Waals surface area contributed by atoms with Crippen LogP contribution in [-0.4, -0.2) is 22.8 Å². The van der Waals surface area contributed by atoms with Crippen LogP contribution in [0, 0.1) is 20.8 Å². The normalized spacial score (nSPS) is 10.6. The lowest BCUT2D eigenvalue weighted by Gasteiger charge is -2.12. The van der Waals surface area contributed by atoms with Gasteiger partial charge in [0.2, 0.25) is 0 Å². The molecule has 0 aliphatic rings. The van der Waals surface area contributed by atoms with Crippen LogP contribution >= 0.6 is 11.6 Å². The smallest absolute Gasteiger partial charge is 0.259 e. The van der Waals surface area contributed by atoms with Crippen molar-refractivity contribution in [3.63, 3.8) is 0 Å². The van der Waals surface area contributed by atoms with E-state index in [1.54, 1.807) is 16.8 Å². The summed E-state index contributed by atoms with van der Waals surface area (Å²) in [6.07, 6.45) is 0. The molecule has 1 N–H and O–H groups in total. The van der Waals surface area contributed by atoms with Crippen LogP contribution in [0.4, 0.5) is 5.69 Å². The Morgan fingerprint density at radius 1 is 1.33 bits per heavy atom. The first-order valence-corrected chi connectivity index (χ1v) is 6.88. The number of hydrogen-bond acceptors (Lipinski definition) is 3. The number of benzene rings is 1. The number of aromatic nitrogens is 2. The third kappa shape index (κ3) is 2.88. The Balaban J connectivity index is 2.38. The number of nitrogens with zero attached hydrogens (tertiary/aromatic N) is 2. The van der Waals surface area contributed by atoms with Crippen LogP contribution in [-0.2, 0) is 7.05 Å². The van der Waals surface area contributed by atoms with Gasteiger partial charge < -0.3 is 10.1 Å². The van der Waals surface area contributed by atoms with Crippen LogP contribution in [0.25, 0.3) is 0 Å². The fraction of sp³-hybridized carbons (Fsp3) is 0.333. The Morgan fingerprint density at radius 2 is 2.00 bits per heavy atom. The van der Waals surface area contributed by atoms with E-state index in [9.17, 15) is 4.79 Å². The van der Waals surface area contributed by atoms with Crippen molar-refractivity contribution < 1.29 is 9.53 Å². The van der Waals surface area contributed by atoms with Crippen molar-refractivity contribution in [2.75, 3.05) is 12.4 Å². The zero-order valence-electron chi connectivity index (χ0n) is 12.7. The maximum atomic E-state index is 12.5. The molecule has 0 aliphatic heterocycles. The molecule has 1 amide bonds. The van der Waals surface area contributed by atoms with Gasteiger partial charge in [0, 0.05) is 23.8 Å². The van der Waals surface area contributed by atoms with E-state index in [1.807, 2.05) is 27.8 Å². The molecule has 0 radical (unpaired) electrons. The van der Waals surface area contributed by atoms with Gasteiger partial charge >= 0.3 is 0 Å². The summed E-state index contributed by atoms with van der Waals surface area (Å²) in [5, 5.41) is 7.71. The standard InChI is InChI=1S/C15H18ClN3O2/c1-8-6-12(13(21-5)7-11(8)16)17-15(20)14-9(2)18-19(4)10(14)3/h6-7H,1-5H3,(H,17,20). The van der Waals surface area contributed by atoms with Crippen LogP contribution in [0.3, 0.4) is 0 Å². The number of amides is 1. The van der Waals surface area contributed by atoms with Crippen LogP contribution in [0.5, 0.6) is 5.75 Å². The fourth-order valence-corrected chi connectivity index (χ4v) is 2.37. The first-order chi connectivity index (χ1) is 9.85. The molecule has 0 fully saturated rings. The van der Waals surface area contributed by atoms with Crippen molar-refractivity contribution in [3.8, 4) is 5.75 Å². The highest BCUT2D eigenvalue weighted by Crippen LogP contribution is 2.31. The average Bonchev–Trinajstić information content (AvgIpc) is 2.67. The summed E-state index contributed by atoms with van der Waals surface area (Å²) < 4.78 is 6.95. The Kier molecular flexibility index (Phi) is 4.23. The number of hydrogen-bond donors (Lipinski definition) is 1. The van der Waals surface area contributed by atoms with Gasteiger partial charge in [0.1, 0.15) is 5.75 Å². The van der Waals surface area contributed by atoms with Gasteiger partial charge in [-0.1, -0.05) is 11.6 Å². The minimum Gasteiger partial charge on any atom is -0.495 e. The van der Waals surface area contributed by atoms with E-state index < -0.39 is 0 Å². The molecule has 2 rings (SSSR count). The van der Waals surface area contributed by atoms with Crippen LogP contribution in [0.2, 0.25) is 5.02 Å². The largest absolute Gasteiger partial charge is 0.495 e. The van der Waals surface area contributed by atoms with E-state index in [2.05, 4.69) is 10.4 Å². The molecule has 0 bridgehead atoms. The summed E-state index contributed by atoms with van der Waals surface area (Å²) in [5.41, 5.74) is 3.54. The number of halogens is 1. The molecule has 0 atom stereocenters. The Labute approximate surface area is 128 Å². The molecule has 6 heteroatoms. The molecule has 0 spiro atoms. The summed E-state index contributed by atoms with van der Waals surface area (Å²) >= 11 is 6.07. The van der Waals surface area contributed by atoms with Crippen molar-refractivity contribution in [1.29, 1.82) is 0 Å². The number of nitrogens with one attached hydrogen (secondary N) is 1. The van der Waals surface area contributed by atoms with Gasteiger partial charge in [-0.15, -0.1) is 0 Å². The average molecular weight is 308 g/mol. The molecule has 5 nitrogen and oxygen atoms in total. The van der Waals surface area contributed by atoms with E-state index in [-0.39, 0.29) is 5.91 Å². The number of anilines is 1. The first-order valence-electron chi connectivity index (χ1n) is 6.50. The lowest BCUT2D eigenvalue weighted by atomic mass is 10.1. The predicted octanol–water partition coefficient (Wildman–Crippen LogP) is 3.26. The van der Waals surface area contributed by atoms with Gasteiger partial charge in [-0.05, 0) is 32.4 Å². The van der Waals surface area contributed by atoms with Crippen molar-refractivity contribution in [1.82, 2.24) is 9.78 Å². The number of rotatable bonds is 3. The zero-order chi connectivity index (χ0) is 15.7. The molecule has 21 heavy (non-hydrogen) atoms. The third-order valence-corrected chi connectivity index (χ3v) is 3.87. The summed E-state index contributed by atoms with van der Waals surface area (Å²) in [6.45, 7) is 5.55. The first kappa shape index (κ1) is 15.4. The minimum atomic E-state index is -0.210. The lowest BCUT2D eigenvalue weighted by Crippen LogP contribution is -2.15. The van der Waals surface area contributed by atoms with Gasteiger partial charge in [-0.25, -0.2) is 0 Å². The van der Waals surface area contributed by atoms with Gasteiger partial charge in [-0.3, -0.25) is 9.48 Å². The minimum absolute atomic E-state index is 0.210. The highest BCUT2D eigenvalue weighted by Gasteiger charge is 2.19. The Bertz CT molecular complexity index is 707. The van der Waals surface area contributed by atoms with Gasteiger partial charge in [0.05, 0.1) is 24.1 Å². The van der Waals surface area contributed by atoms with Crippen molar-refractivity contribution in [2.45, 2.75) is 20.8 Å². The molecule has 1 heterocycles. The van der Waals surface area contributed by atoms with E-state index in [4.69, 9.17) is 16.3 Å². The molecule has 2 aromatic rings. The maximum absolute atomic E-state index is 12.5. The second kappa shape index (κ2) is 5.77.